The van der Waals surface area contributed by atoms with Crippen LogP contribution in [0.15, 0.2) is 76.6 Å². The Balaban J connectivity index is 1.31. The number of ether oxygens (including phenoxy) is 1. The minimum atomic E-state index is -3.32. The highest BCUT2D eigenvalue weighted by molar-refractivity contribution is 7.90. The Kier molecular flexibility index (Phi) is 6.34. The number of amides is 1. The molecule has 3 aromatic rings. The van der Waals surface area contributed by atoms with E-state index in [0.29, 0.717) is 36.7 Å². The number of rotatable bonds is 6. The van der Waals surface area contributed by atoms with Gasteiger partial charge in [0.15, 0.2) is 9.84 Å². The quantitative estimate of drug-likeness (QED) is 0.530. The molecule has 2 aliphatic rings. The number of piperidine rings is 1. The number of hydrogen-bond donors (Lipinski definition) is 1. The second-order valence-corrected chi connectivity index (χ2v) is 11.5. The number of likely N-dealkylation sites (tertiary alicyclic amines) is 1. The first-order valence-corrected chi connectivity index (χ1v) is 13.9. The minimum Gasteiger partial charge on any atom is -0.490 e. The zero-order valence-electron chi connectivity index (χ0n) is 19.9. The van der Waals surface area contributed by atoms with Crippen LogP contribution >= 0.6 is 0 Å². The summed E-state index contributed by atoms with van der Waals surface area (Å²) in [6.07, 6.45) is 4.98. The standard InChI is InChI=1S/C27H28N2O6S/c1-36(33,34)24-10-8-21(9-11-24)28-14-12-23(17-26(28)30)35-22-13-15-29(27(31)32)25(16-22)20-6-4-19(5-7-20)18-2-3-18/h4-12,14,17-18,22,25H,2-3,13,15-16H2,1H3,(H,31,32). The maximum Gasteiger partial charge on any atom is 0.407 e. The van der Waals surface area contributed by atoms with E-state index in [-0.39, 0.29) is 22.6 Å². The molecule has 1 saturated carbocycles. The Hall–Kier alpha value is -3.59. The van der Waals surface area contributed by atoms with E-state index >= 15 is 0 Å². The van der Waals surface area contributed by atoms with Gasteiger partial charge in [0.2, 0.25) is 0 Å². The third-order valence-corrected chi connectivity index (χ3v) is 8.04. The highest BCUT2D eigenvalue weighted by Gasteiger charge is 2.34. The fourth-order valence-electron chi connectivity index (χ4n) is 4.79. The Labute approximate surface area is 209 Å². The summed E-state index contributed by atoms with van der Waals surface area (Å²) in [7, 11) is -3.32. The molecule has 1 N–H and O–H groups in total. The molecule has 0 bridgehead atoms. The number of pyridine rings is 1. The fourth-order valence-corrected chi connectivity index (χ4v) is 5.42. The summed E-state index contributed by atoms with van der Waals surface area (Å²) < 4.78 is 30.9. The zero-order valence-corrected chi connectivity index (χ0v) is 20.7. The molecule has 2 fully saturated rings. The summed E-state index contributed by atoms with van der Waals surface area (Å²) in [6.45, 7) is 0.346. The second-order valence-electron chi connectivity index (χ2n) is 9.53. The summed E-state index contributed by atoms with van der Waals surface area (Å²) in [5.41, 5.74) is 2.48. The number of benzene rings is 2. The molecule has 1 aliphatic heterocycles. The molecular weight excluding hydrogens is 480 g/mol. The molecule has 0 spiro atoms. The van der Waals surface area contributed by atoms with Crippen LogP contribution in [0.25, 0.3) is 5.69 Å². The van der Waals surface area contributed by atoms with Crippen molar-refractivity contribution in [3.8, 4) is 11.4 Å². The normalized spacial score (nSPS) is 20.2. The lowest BCUT2D eigenvalue weighted by Crippen LogP contribution is -2.43. The molecule has 0 radical (unpaired) electrons. The number of carbonyl (C=O) groups is 1. The van der Waals surface area contributed by atoms with Crippen molar-refractivity contribution in [3.05, 3.63) is 88.3 Å². The maximum absolute atomic E-state index is 12.8. The predicted molar refractivity (Wildman–Crippen MR) is 135 cm³/mol. The van der Waals surface area contributed by atoms with Crippen LogP contribution in [-0.2, 0) is 9.84 Å². The third-order valence-electron chi connectivity index (χ3n) is 6.91. The van der Waals surface area contributed by atoms with Crippen molar-refractivity contribution in [2.75, 3.05) is 12.8 Å². The Morgan fingerprint density at radius 1 is 0.972 bits per heavy atom. The molecule has 2 unspecified atom stereocenters. The molecule has 1 amide bonds. The van der Waals surface area contributed by atoms with Crippen molar-refractivity contribution < 1.29 is 23.1 Å². The van der Waals surface area contributed by atoms with Crippen LogP contribution in [-0.4, -0.2) is 48.0 Å². The summed E-state index contributed by atoms with van der Waals surface area (Å²) in [4.78, 5) is 26.3. The zero-order chi connectivity index (χ0) is 25.4. The van der Waals surface area contributed by atoms with Crippen molar-refractivity contribution in [2.24, 2.45) is 0 Å². The van der Waals surface area contributed by atoms with Crippen LogP contribution in [0.3, 0.4) is 0 Å². The summed E-state index contributed by atoms with van der Waals surface area (Å²) >= 11 is 0. The van der Waals surface area contributed by atoms with Gasteiger partial charge in [0.1, 0.15) is 11.9 Å². The lowest BCUT2D eigenvalue weighted by Gasteiger charge is -2.38. The molecule has 1 aliphatic carbocycles. The Morgan fingerprint density at radius 3 is 2.22 bits per heavy atom. The van der Waals surface area contributed by atoms with Gasteiger partial charge in [-0.15, -0.1) is 0 Å². The molecule has 2 atom stereocenters. The van der Waals surface area contributed by atoms with Gasteiger partial charge in [0.05, 0.1) is 10.9 Å². The first kappa shape index (κ1) is 24.1. The van der Waals surface area contributed by atoms with Crippen molar-refractivity contribution in [1.29, 1.82) is 0 Å². The van der Waals surface area contributed by atoms with Gasteiger partial charge in [-0.3, -0.25) is 9.36 Å². The molecule has 5 rings (SSSR count). The van der Waals surface area contributed by atoms with Gasteiger partial charge in [0.25, 0.3) is 5.56 Å². The van der Waals surface area contributed by atoms with Crippen molar-refractivity contribution in [3.63, 3.8) is 0 Å². The molecule has 188 valence electrons. The molecule has 2 aromatic carbocycles. The van der Waals surface area contributed by atoms with E-state index in [1.165, 1.54) is 46.1 Å². The third kappa shape index (κ3) is 5.16. The van der Waals surface area contributed by atoms with Crippen LogP contribution in [0.5, 0.6) is 5.75 Å². The molecule has 8 nitrogen and oxygen atoms in total. The first-order chi connectivity index (χ1) is 17.2. The Morgan fingerprint density at radius 2 is 1.64 bits per heavy atom. The minimum absolute atomic E-state index is 0.184. The number of sulfone groups is 1. The van der Waals surface area contributed by atoms with Gasteiger partial charge in [-0.2, -0.15) is 0 Å². The van der Waals surface area contributed by atoms with Crippen LogP contribution in [0.1, 0.15) is 48.8 Å². The van der Waals surface area contributed by atoms with Crippen LogP contribution in [0.2, 0.25) is 0 Å². The molecular formula is C27H28N2O6S. The number of carboxylic acid groups (broad SMARTS) is 1. The molecule has 9 heteroatoms. The lowest BCUT2D eigenvalue weighted by molar-refractivity contribution is 0.0538. The van der Waals surface area contributed by atoms with Crippen LogP contribution in [0.4, 0.5) is 4.79 Å². The van der Waals surface area contributed by atoms with Crippen LogP contribution < -0.4 is 10.3 Å². The largest absolute Gasteiger partial charge is 0.490 e. The van der Waals surface area contributed by atoms with Gasteiger partial charge >= 0.3 is 6.09 Å². The summed E-state index contributed by atoms with van der Waals surface area (Å²) in [5.74, 6) is 1.05. The van der Waals surface area contributed by atoms with E-state index in [1.807, 2.05) is 12.1 Å². The predicted octanol–water partition coefficient (Wildman–Crippen LogP) is 4.38. The van der Waals surface area contributed by atoms with Gasteiger partial charge < -0.3 is 14.7 Å². The average Bonchev–Trinajstić information content (AvgIpc) is 3.69. The van der Waals surface area contributed by atoms with Crippen molar-refractivity contribution >= 4 is 15.9 Å². The van der Waals surface area contributed by atoms with E-state index in [9.17, 15) is 23.1 Å². The maximum atomic E-state index is 12.8. The second kappa shape index (κ2) is 9.46. The summed E-state index contributed by atoms with van der Waals surface area (Å²) in [5, 5.41) is 9.74. The van der Waals surface area contributed by atoms with Gasteiger partial charge in [0, 0.05) is 43.6 Å². The number of hydrogen-bond acceptors (Lipinski definition) is 5. The van der Waals surface area contributed by atoms with E-state index in [4.69, 9.17) is 4.74 Å². The van der Waals surface area contributed by atoms with Crippen molar-refractivity contribution in [2.45, 2.75) is 48.6 Å². The molecule has 2 heterocycles. The number of nitrogens with zero attached hydrogens (tertiary/aromatic N) is 2. The molecule has 1 saturated heterocycles. The van der Waals surface area contributed by atoms with Crippen molar-refractivity contribution in [1.82, 2.24) is 9.47 Å². The average molecular weight is 509 g/mol. The number of aromatic nitrogens is 1. The van der Waals surface area contributed by atoms with E-state index in [2.05, 4.69) is 12.1 Å². The van der Waals surface area contributed by atoms with E-state index in [1.54, 1.807) is 24.4 Å². The fraction of sp³-hybridized carbons (Fsp3) is 0.333. The van der Waals surface area contributed by atoms with Crippen LogP contribution in [0, 0.1) is 0 Å². The Bertz CT molecular complexity index is 1430. The smallest absolute Gasteiger partial charge is 0.407 e. The summed E-state index contributed by atoms with van der Waals surface area (Å²) in [6, 6.07) is 17.1. The molecule has 1 aromatic heterocycles. The van der Waals surface area contributed by atoms with Gasteiger partial charge in [-0.1, -0.05) is 24.3 Å². The molecule has 36 heavy (non-hydrogen) atoms. The lowest BCUT2D eigenvalue weighted by atomic mass is 9.92. The van der Waals surface area contributed by atoms with E-state index < -0.39 is 15.9 Å². The monoisotopic (exact) mass is 508 g/mol. The first-order valence-electron chi connectivity index (χ1n) is 12.0. The van der Waals surface area contributed by atoms with E-state index in [0.717, 1.165) is 11.8 Å². The van der Waals surface area contributed by atoms with Gasteiger partial charge in [-0.05, 0) is 60.2 Å². The topological polar surface area (TPSA) is 106 Å². The highest BCUT2D eigenvalue weighted by Crippen LogP contribution is 2.41. The van der Waals surface area contributed by atoms with Gasteiger partial charge in [-0.25, -0.2) is 13.2 Å². The SMILES string of the molecule is CS(=O)(=O)c1ccc(-n2ccc(OC3CCN(C(=O)O)C(c4ccc(C5CC5)cc4)C3)cc2=O)cc1. The highest BCUT2D eigenvalue weighted by atomic mass is 32.2.